The number of imide groups is 1. The van der Waals surface area contributed by atoms with E-state index in [1.54, 1.807) is 11.0 Å². The van der Waals surface area contributed by atoms with Gasteiger partial charge in [0.25, 0.3) is 5.91 Å². The van der Waals surface area contributed by atoms with Gasteiger partial charge in [0, 0.05) is 43.5 Å². The number of carbonyl (C=O) groups is 3. The summed E-state index contributed by atoms with van der Waals surface area (Å²) in [6.45, 7) is 3.48. The van der Waals surface area contributed by atoms with Crippen molar-refractivity contribution < 1.29 is 19.1 Å². The summed E-state index contributed by atoms with van der Waals surface area (Å²) in [6.07, 6.45) is 7.91. The van der Waals surface area contributed by atoms with Crippen molar-refractivity contribution in [2.24, 2.45) is 0 Å². The molecule has 1 N–H and O–H groups in total. The van der Waals surface area contributed by atoms with Crippen LogP contribution in [0.25, 0.3) is 0 Å². The van der Waals surface area contributed by atoms with Crippen LogP contribution in [0.5, 0.6) is 5.75 Å². The fourth-order valence-electron chi connectivity index (χ4n) is 5.89. The maximum absolute atomic E-state index is 13.0. The van der Waals surface area contributed by atoms with Crippen LogP contribution in [0.15, 0.2) is 60.9 Å². The summed E-state index contributed by atoms with van der Waals surface area (Å²) >= 11 is 0. The molecule has 9 nitrogen and oxygen atoms in total. The number of likely N-dealkylation sites (tertiary alicyclic amines) is 1. The van der Waals surface area contributed by atoms with E-state index in [4.69, 9.17) is 4.74 Å². The molecule has 2 saturated heterocycles. The average Bonchev–Trinajstić information content (AvgIpc) is 3.52. The summed E-state index contributed by atoms with van der Waals surface area (Å²) in [5.41, 5.74) is 2.70. The van der Waals surface area contributed by atoms with Crippen molar-refractivity contribution >= 4 is 17.7 Å². The van der Waals surface area contributed by atoms with E-state index in [0.717, 1.165) is 49.6 Å². The SMILES string of the molecule is O=C1CCC(N2Cc3cc(OCC4CCCCN4Cc4nccn4Cc4ccccc4)ccc3C2=O)C(=O)N1. The number of imidazole rings is 1. The molecule has 3 aliphatic heterocycles. The first-order chi connectivity index (χ1) is 19.0. The van der Waals surface area contributed by atoms with Crippen molar-refractivity contribution in [3.63, 3.8) is 0 Å². The first kappa shape index (κ1) is 25.3. The Labute approximate surface area is 227 Å². The normalized spacial score (nSPS) is 21.6. The lowest BCUT2D eigenvalue weighted by Gasteiger charge is -2.35. The van der Waals surface area contributed by atoms with Gasteiger partial charge in [-0.2, -0.15) is 0 Å². The molecular formula is C30H33N5O4. The van der Waals surface area contributed by atoms with Crippen LogP contribution in [0.2, 0.25) is 0 Å². The minimum Gasteiger partial charge on any atom is -0.492 e. The van der Waals surface area contributed by atoms with Crippen LogP contribution in [0, 0.1) is 0 Å². The second-order valence-corrected chi connectivity index (χ2v) is 10.6. The summed E-state index contributed by atoms with van der Waals surface area (Å²) in [4.78, 5) is 45.5. The molecule has 2 unspecified atom stereocenters. The van der Waals surface area contributed by atoms with E-state index in [0.29, 0.717) is 25.1 Å². The van der Waals surface area contributed by atoms with Crippen LogP contribution in [0.4, 0.5) is 0 Å². The highest BCUT2D eigenvalue weighted by molar-refractivity contribution is 6.05. The van der Waals surface area contributed by atoms with E-state index >= 15 is 0 Å². The maximum atomic E-state index is 13.0. The van der Waals surface area contributed by atoms with Gasteiger partial charge in [0.05, 0.1) is 6.54 Å². The summed E-state index contributed by atoms with van der Waals surface area (Å²) < 4.78 is 8.49. The largest absolute Gasteiger partial charge is 0.492 e. The van der Waals surface area contributed by atoms with Crippen LogP contribution in [0.3, 0.4) is 0 Å². The van der Waals surface area contributed by atoms with Crippen LogP contribution in [-0.4, -0.2) is 62.3 Å². The zero-order chi connectivity index (χ0) is 26.8. The molecular weight excluding hydrogens is 494 g/mol. The molecule has 3 amide bonds. The Balaban J connectivity index is 1.09. The second kappa shape index (κ2) is 11.0. The first-order valence-corrected chi connectivity index (χ1v) is 13.7. The minimum atomic E-state index is -0.614. The molecule has 4 heterocycles. The number of fused-ring (bicyclic) bond motifs is 1. The number of aromatic nitrogens is 2. The van der Waals surface area contributed by atoms with Gasteiger partial charge in [-0.15, -0.1) is 0 Å². The molecule has 0 radical (unpaired) electrons. The van der Waals surface area contributed by atoms with E-state index in [2.05, 4.69) is 44.0 Å². The van der Waals surface area contributed by atoms with Gasteiger partial charge in [-0.25, -0.2) is 4.98 Å². The molecule has 0 aliphatic carbocycles. The fraction of sp³-hybridized carbons (Fsp3) is 0.400. The molecule has 2 fully saturated rings. The molecule has 3 aromatic rings. The topological polar surface area (TPSA) is 96.8 Å². The van der Waals surface area contributed by atoms with Crippen LogP contribution in [0.1, 0.15) is 59.4 Å². The monoisotopic (exact) mass is 527 g/mol. The van der Waals surface area contributed by atoms with E-state index in [1.165, 1.54) is 12.0 Å². The van der Waals surface area contributed by atoms with Gasteiger partial charge in [-0.3, -0.25) is 24.6 Å². The highest BCUT2D eigenvalue weighted by atomic mass is 16.5. The Bertz CT molecular complexity index is 1370. The fourth-order valence-corrected chi connectivity index (χ4v) is 5.89. The van der Waals surface area contributed by atoms with Crippen LogP contribution < -0.4 is 10.1 Å². The lowest BCUT2D eigenvalue weighted by molar-refractivity contribution is -0.136. The zero-order valence-corrected chi connectivity index (χ0v) is 21.9. The lowest BCUT2D eigenvalue weighted by Crippen LogP contribution is -2.52. The smallest absolute Gasteiger partial charge is 0.255 e. The van der Waals surface area contributed by atoms with E-state index in [-0.39, 0.29) is 24.3 Å². The van der Waals surface area contributed by atoms with Crippen molar-refractivity contribution in [2.45, 2.75) is 63.8 Å². The number of carbonyl (C=O) groups excluding carboxylic acids is 3. The van der Waals surface area contributed by atoms with Crippen LogP contribution >= 0.6 is 0 Å². The van der Waals surface area contributed by atoms with Gasteiger partial charge in [-0.05, 0) is 55.1 Å². The number of benzene rings is 2. The number of piperidine rings is 2. The van der Waals surface area contributed by atoms with Crippen molar-refractivity contribution in [3.8, 4) is 5.75 Å². The van der Waals surface area contributed by atoms with Gasteiger partial charge in [0.2, 0.25) is 11.8 Å². The number of hydrogen-bond acceptors (Lipinski definition) is 6. The van der Waals surface area contributed by atoms with Gasteiger partial charge in [0.15, 0.2) is 0 Å². The third-order valence-corrected chi connectivity index (χ3v) is 8.03. The molecule has 6 rings (SSSR count). The highest BCUT2D eigenvalue weighted by Crippen LogP contribution is 2.30. The Kier molecular flexibility index (Phi) is 7.15. The van der Waals surface area contributed by atoms with Gasteiger partial charge in [-0.1, -0.05) is 36.8 Å². The molecule has 2 atom stereocenters. The van der Waals surface area contributed by atoms with Crippen molar-refractivity contribution in [2.75, 3.05) is 13.2 Å². The number of hydrogen-bond donors (Lipinski definition) is 1. The molecule has 0 bridgehead atoms. The lowest BCUT2D eigenvalue weighted by atomic mass is 10.0. The minimum absolute atomic E-state index is 0.171. The van der Waals surface area contributed by atoms with Crippen molar-refractivity contribution in [1.82, 2.24) is 24.7 Å². The Morgan fingerprint density at radius 2 is 1.87 bits per heavy atom. The van der Waals surface area contributed by atoms with Crippen molar-refractivity contribution in [3.05, 3.63) is 83.4 Å². The number of ether oxygens (including phenoxy) is 1. The number of nitrogens with one attached hydrogen (secondary N) is 1. The molecule has 0 saturated carbocycles. The second-order valence-electron chi connectivity index (χ2n) is 10.6. The molecule has 202 valence electrons. The van der Waals surface area contributed by atoms with Crippen molar-refractivity contribution in [1.29, 1.82) is 0 Å². The van der Waals surface area contributed by atoms with Crippen LogP contribution in [-0.2, 0) is 29.2 Å². The Morgan fingerprint density at radius 3 is 2.72 bits per heavy atom. The van der Waals surface area contributed by atoms with E-state index in [1.807, 2.05) is 30.6 Å². The number of nitrogens with zero attached hydrogens (tertiary/aromatic N) is 4. The Morgan fingerprint density at radius 1 is 1.00 bits per heavy atom. The third-order valence-electron chi connectivity index (χ3n) is 8.03. The maximum Gasteiger partial charge on any atom is 0.255 e. The summed E-state index contributed by atoms with van der Waals surface area (Å²) in [6, 6.07) is 15.6. The molecule has 2 aromatic carbocycles. The molecule has 1 aromatic heterocycles. The summed E-state index contributed by atoms with van der Waals surface area (Å²) in [7, 11) is 0. The quantitative estimate of drug-likeness (QED) is 0.452. The predicted octanol–water partition coefficient (Wildman–Crippen LogP) is 3.13. The van der Waals surface area contributed by atoms with Gasteiger partial charge in [0.1, 0.15) is 24.2 Å². The van der Waals surface area contributed by atoms with Gasteiger partial charge >= 0.3 is 0 Å². The molecule has 39 heavy (non-hydrogen) atoms. The number of rotatable bonds is 8. The molecule has 9 heteroatoms. The number of amides is 3. The van der Waals surface area contributed by atoms with E-state index in [9.17, 15) is 14.4 Å². The summed E-state index contributed by atoms with van der Waals surface area (Å²) in [5.74, 6) is 0.923. The van der Waals surface area contributed by atoms with E-state index < -0.39 is 11.9 Å². The predicted molar refractivity (Wildman–Crippen MR) is 144 cm³/mol. The highest BCUT2D eigenvalue weighted by Gasteiger charge is 2.39. The third kappa shape index (κ3) is 5.45. The molecule has 0 spiro atoms. The van der Waals surface area contributed by atoms with Gasteiger partial charge < -0.3 is 14.2 Å². The average molecular weight is 528 g/mol. The zero-order valence-electron chi connectivity index (χ0n) is 21.9. The summed E-state index contributed by atoms with van der Waals surface area (Å²) in [5, 5.41) is 2.35. The molecule has 3 aliphatic rings. The Hall–Kier alpha value is -3.98. The first-order valence-electron chi connectivity index (χ1n) is 13.7. The standard InChI is InChI=1S/C30H33N5O4/c36-28-12-11-26(29(37)32-28)35-18-22-16-24(9-10-25(22)30(35)38)39-20-23-8-4-5-14-33(23)19-27-31-13-15-34(27)17-21-6-2-1-3-7-21/h1-3,6-7,9-10,13,15-16,23,26H,4-5,8,11-12,14,17-20H2,(H,32,36,37).